The van der Waals surface area contributed by atoms with Gasteiger partial charge in [-0.05, 0) is 49.8 Å². The van der Waals surface area contributed by atoms with Crippen LogP contribution in [0.5, 0.6) is 0 Å². The lowest BCUT2D eigenvalue weighted by atomic mass is 10.0. The summed E-state index contributed by atoms with van der Waals surface area (Å²) in [4.78, 5) is 128. The summed E-state index contributed by atoms with van der Waals surface area (Å²) >= 11 is 7.11. The number of amides is 6. The molecule has 84 heavy (non-hydrogen) atoms. The van der Waals surface area contributed by atoms with E-state index in [0.717, 1.165) is 11.3 Å². The second kappa shape index (κ2) is 27.7. The van der Waals surface area contributed by atoms with Crippen LogP contribution in [0.2, 0.25) is 0 Å². The molecule has 0 radical (unpaired) electrons. The molecule has 9 rings (SSSR count). The first-order valence-electron chi connectivity index (χ1n) is 26.1. The first-order valence-corrected chi connectivity index (χ1v) is 31.1. The van der Waals surface area contributed by atoms with Crippen molar-refractivity contribution in [2.24, 2.45) is 5.92 Å². The van der Waals surface area contributed by atoms with Crippen LogP contribution in [-0.4, -0.2) is 114 Å². The number of fused-ring (bicyclic) bond motifs is 14. The number of thiazole rings is 6. The zero-order valence-corrected chi connectivity index (χ0v) is 50.4. The highest BCUT2D eigenvalue weighted by molar-refractivity contribution is 7.19. The minimum Gasteiger partial charge on any atom is -0.481 e. The van der Waals surface area contributed by atoms with E-state index in [9.17, 15) is 38.7 Å². The monoisotopic (exact) mass is 1250 g/mol. The molecule has 8 heterocycles. The smallest absolute Gasteiger partial charge is 0.412 e. The van der Waals surface area contributed by atoms with Gasteiger partial charge in [-0.25, -0.2) is 39.7 Å². The predicted molar refractivity (Wildman–Crippen MR) is 318 cm³/mol. The summed E-state index contributed by atoms with van der Waals surface area (Å²) in [5, 5.41) is 44.7. The number of aryl methyl sites for hydroxylation is 1. The number of nitrogens with one attached hydrogen (secondary N) is 6. The maximum absolute atomic E-state index is 14.3. The third-order valence-electron chi connectivity index (χ3n) is 12.7. The Morgan fingerprint density at radius 2 is 1.51 bits per heavy atom. The molecule has 8 aromatic rings. The molecule has 0 saturated carbocycles. The van der Waals surface area contributed by atoms with Gasteiger partial charge in [0.15, 0.2) is 0 Å². The molecule has 6 amide bonds. The Bertz CT molecular complexity index is 3700. The molecule has 24 nitrogen and oxygen atoms in total. The standard InChI is InChI=1S/C54H55N13O11S6/c1-25(2)39-53-67-42(34(84-53)21-77-5)46(74)56-20-37(69)64-43(44(72)27-12-8-6-9-13-27)52-61-32(23-80-52)49-57-19-33(83-49)41-28(15-16-29(58-41)50-62-35(24-81-50)63-54(76)78-17-11-7-10-14-38(70)71)48-60-31(22-79-48)45(73)59-30(18-36(68)55-4)51-66-40(26(3)82-51)47(75)65-39/h6,8-9,12-13,15-16,19,22-25,30,39,43-44,72H,7,10-11,14,17-18,20-21H2,1-5H3,(H,55,68)(H,56,74)(H,59,73)(H,63,76)(H,64,69)(H,65,75)(H,70,71)/t30-,39-,43-,44-/m0/s1. The Morgan fingerprint density at radius 3 is 2.27 bits per heavy atom. The Morgan fingerprint density at radius 1 is 0.738 bits per heavy atom. The van der Waals surface area contributed by atoms with E-state index in [1.807, 2.05) is 13.8 Å². The number of unbranched alkanes of at least 4 members (excludes halogenated alkanes) is 2. The van der Waals surface area contributed by atoms with Crippen molar-refractivity contribution in [3.8, 4) is 42.5 Å². The van der Waals surface area contributed by atoms with Gasteiger partial charge in [0.25, 0.3) is 17.7 Å². The summed E-state index contributed by atoms with van der Waals surface area (Å²) in [6, 6.07) is 9.44. The van der Waals surface area contributed by atoms with E-state index in [4.69, 9.17) is 34.5 Å². The van der Waals surface area contributed by atoms with Crippen LogP contribution in [0.4, 0.5) is 10.6 Å². The maximum atomic E-state index is 14.3. The molecular formula is C54H55N13O11S6. The molecule has 0 fully saturated rings. The van der Waals surface area contributed by atoms with E-state index in [1.54, 1.807) is 71.7 Å². The molecule has 1 aromatic carbocycles. The van der Waals surface area contributed by atoms with Gasteiger partial charge in [0.1, 0.15) is 70.8 Å². The van der Waals surface area contributed by atoms with Crippen LogP contribution in [0.15, 0.2) is 64.8 Å². The molecule has 8 N–H and O–H groups in total. The van der Waals surface area contributed by atoms with Crippen molar-refractivity contribution in [3.63, 3.8) is 0 Å². The molecule has 7 aromatic heterocycles. The number of carbonyl (C=O) groups excluding carboxylic acids is 6. The summed E-state index contributed by atoms with van der Waals surface area (Å²) in [6.07, 6.45) is 0.951. The van der Waals surface area contributed by atoms with Gasteiger partial charge in [-0.2, -0.15) is 0 Å². The van der Waals surface area contributed by atoms with Crippen molar-refractivity contribution in [2.75, 3.05) is 32.6 Å². The number of hydrogen-bond acceptors (Lipinski definition) is 23. The first kappa shape index (κ1) is 60.7. The largest absolute Gasteiger partial charge is 0.481 e. The SMILES string of the molecule is CNC(=O)C[C@@H]1NC(=O)c2csc(n2)-c2ccc(-c3nc(NC(=O)OCCCCCC(=O)O)cs3)nc2-c2cnc(s2)-c2csc(n2)[C@H]([C@@H](O)c2ccccc2)NC(=O)CNC(=O)c2nc(sc2COC)[C@H](C(C)C)NC(=O)c2nc1sc2C. The van der Waals surface area contributed by atoms with Crippen molar-refractivity contribution in [3.05, 3.63) is 112 Å². The molecule has 0 unspecified atom stereocenters. The highest BCUT2D eigenvalue weighted by atomic mass is 32.1. The predicted octanol–water partition coefficient (Wildman–Crippen LogP) is 8.51. The molecule has 0 spiro atoms. The van der Waals surface area contributed by atoms with E-state index in [1.165, 1.54) is 70.8 Å². The number of aliphatic carboxylic acids is 1. The number of nitrogens with zero attached hydrogens (tertiary/aromatic N) is 7. The minimum atomic E-state index is -1.28. The number of benzene rings is 1. The van der Waals surface area contributed by atoms with Gasteiger partial charge in [-0.1, -0.05) is 44.2 Å². The van der Waals surface area contributed by atoms with Gasteiger partial charge in [-0.3, -0.25) is 34.1 Å². The van der Waals surface area contributed by atoms with Gasteiger partial charge in [0.05, 0.1) is 59.4 Å². The van der Waals surface area contributed by atoms with Gasteiger partial charge in [0, 0.05) is 53.4 Å². The number of aliphatic hydroxyl groups excluding tert-OH is 1. The number of anilines is 1. The molecule has 1 aliphatic rings. The first-order chi connectivity index (χ1) is 40.5. The van der Waals surface area contributed by atoms with Gasteiger partial charge >= 0.3 is 12.1 Å². The van der Waals surface area contributed by atoms with E-state index in [0.29, 0.717) is 87.1 Å². The number of carbonyl (C=O) groups is 7. The topological polar surface area (TPSA) is 341 Å². The number of aliphatic hydroxyl groups is 1. The quantitative estimate of drug-likeness (QED) is 0.0446. The van der Waals surface area contributed by atoms with Gasteiger partial charge in [0.2, 0.25) is 11.8 Å². The number of carboxylic acid groups (broad SMARTS) is 1. The zero-order chi connectivity index (χ0) is 59.6. The van der Waals surface area contributed by atoms with Crippen molar-refractivity contribution in [1.82, 2.24) is 61.5 Å². The third-order valence-corrected chi connectivity index (χ3v) is 18.6. The van der Waals surface area contributed by atoms with E-state index in [2.05, 4.69) is 46.9 Å². The van der Waals surface area contributed by atoms with Crippen molar-refractivity contribution in [2.45, 2.75) is 83.7 Å². The van der Waals surface area contributed by atoms with Crippen LogP contribution >= 0.6 is 68.0 Å². The zero-order valence-electron chi connectivity index (χ0n) is 45.5. The van der Waals surface area contributed by atoms with Crippen LogP contribution in [0.25, 0.3) is 42.5 Å². The van der Waals surface area contributed by atoms with Crippen molar-refractivity contribution >= 4 is 115 Å². The second-order valence-electron chi connectivity index (χ2n) is 19.1. The molecule has 4 atom stereocenters. The average Bonchev–Trinajstić information content (AvgIpc) is 3.24. The maximum Gasteiger partial charge on any atom is 0.412 e. The molecule has 1 aliphatic heterocycles. The number of hydrogen-bond donors (Lipinski definition) is 8. The second-order valence-corrected chi connectivity index (χ2v) is 25.1. The van der Waals surface area contributed by atoms with E-state index >= 15 is 0 Å². The van der Waals surface area contributed by atoms with E-state index < -0.39 is 72.4 Å². The highest BCUT2D eigenvalue weighted by Gasteiger charge is 2.33. The van der Waals surface area contributed by atoms with Crippen molar-refractivity contribution < 1.29 is 53.2 Å². The summed E-state index contributed by atoms with van der Waals surface area (Å²) in [6.45, 7) is 5.03. The Kier molecular flexibility index (Phi) is 20.0. The fourth-order valence-electron chi connectivity index (χ4n) is 8.50. The molecule has 0 saturated heterocycles. The number of methoxy groups -OCH3 is 1. The van der Waals surface area contributed by atoms with Crippen molar-refractivity contribution in [1.29, 1.82) is 0 Å². The molecule has 0 aliphatic carbocycles. The van der Waals surface area contributed by atoms with Crippen LogP contribution < -0.4 is 31.9 Å². The average molecular weight is 1250 g/mol. The summed E-state index contributed by atoms with van der Waals surface area (Å²) < 4.78 is 10.7. The number of carboxylic acids is 1. The molecular weight excluding hydrogens is 1200 g/mol. The minimum absolute atomic E-state index is 0.00183. The number of aromatic nitrogens is 7. The van der Waals surface area contributed by atoms with Crippen LogP contribution in [0.1, 0.15) is 132 Å². The normalized spacial score (nSPS) is 16.2. The lowest BCUT2D eigenvalue weighted by Gasteiger charge is -2.23. The summed E-state index contributed by atoms with van der Waals surface area (Å²) in [5.74, 6) is -3.83. The lowest BCUT2D eigenvalue weighted by Crippen LogP contribution is -2.40. The molecule has 30 heteroatoms. The third kappa shape index (κ3) is 14.7. The Balaban J connectivity index is 1.09. The van der Waals surface area contributed by atoms with Crippen LogP contribution in [0.3, 0.4) is 0 Å². The number of rotatable bonds is 15. The summed E-state index contributed by atoms with van der Waals surface area (Å²) in [7, 11) is 2.93. The van der Waals surface area contributed by atoms with E-state index in [-0.39, 0.29) is 59.9 Å². The molecule has 10 bridgehead atoms. The fourth-order valence-corrected chi connectivity index (χ4v) is 14.1. The van der Waals surface area contributed by atoms with Crippen LogP contribution in [-0.2, 0) is 30.5 Å². The highest BCUT2D eigenvalue weighted by Crippen LogP contribution is 2.41. The Hall–Kier alpha value is -7.84. The lowest BCUT2D eigenvalue weighted by molar-refractivity contribution is -0.137. The number of pyridine rings is 1. The Labute approximate surface area is 504 Å². The summed E-state index contributed by atoms with van der Waals surface area (Å²) in [5.41, 5.74) is 2.32. The fraction of sp³-hybridized carbons (Fsp3) is 0.333. The van der Waals surface area contributed by atoms with Crippen LogP contribution in [0, 0.1) is 12.8 Å². The molecule has 438 valence electrons. The van der Waals surface area contributed by atoms with Gasteiger partial charge < -0.3 is 46.3 Å². The van der Waals surface area contributed by atoms with Gasteiger partial charge in [-0.15, -0.1) is 68.0 Å². The number of ether oxygens (including phenoxy) is 2.